The van der Waals surface area contributed by atoms with Gasteiger partial charge in [-0.15, -0.1) is 0 Å². The lowest BCUT2D eigenvalue weighted by molar-refractivity contribution is 0.405. The zero-order valence-electron chi connectivity index (χ0n) is 14.9. The summed E-state index contributed by atoms with van der Waals surface area (Å²) in [5.74, 6) is 1.81. The summed E-state index contributed by atoms with van der Waals surface area (Å²) in [6.07, 6.45) is 3.45. The number of pyridine rings is 1. The molecule has 1 fully saturated rings. The first-order valence-corrected chi connectivity index (χ1v) is 9.58. The Morgan fingerprint density at radius 3 is 2.85 bits per heavy atom. The third-order valence-electron chi connectivity index (χ3n) is 4.52. The number of nitrogens with one attached hydrogen (secondary N) is 2. The van der Waals surface area contributed by atoms with Gasteiger partial charge in [-0.3, -0.25) is 0 Å². The standard InChI is InChI=1S/C18H22BrN7/c1-12-9-25(10-13(2)23-12)16-5-3-4-14(24-16)8-20-18-17-15(19)6-7-26(17)22-11-21-18/h3-7,11-13,23H,8-10H2,1-2H3,(H,20,21,22)/t12-,13+. The largest absolute Gasteiger partial charge is 0.363 e. The fourth-order valence-corrected chi connectivity index (χ4v) is 3.96. The summed E-state index contributed by atoms with van der Waals surface area (Å²) in [6.45, 7) is 6.97. The van der Waals surface area contributed by atoms with E-state index in [-0.39, 0.29) is 0 Å². The molecule has 0 amide bonds. The van der Waals surface area contributed by atoms with Crippen molar-refractivity contribution in [3.63, 3.8) is 0 Å². The molecule has 0 saturated carbocycles. The fourth-order valence-electron chi connectivity index (χ4n) is 3.48. The molecule has 1 aliphatic rings. The molecular formula is C18H22BrN7. The van der Waals surface area contributed by atoms with Crippen LogP contribution in [0.2, 0.25) is 0 Å². The highest BCUT2D eigenvalue weighted by Gasteiger charge is 2.21. The summed E-state index contributed by atoms with van der Waals surface area (Å²) in [5.41, 5.74) is 1.91. The van der Waals surface area contributed by atoms with E-state index in [0.29, 0.717) is 18.6 Å². The molecule has 0 aliphatic carbocycles. The topological polar surface area (TPSA) is 70.4 Å². The van der Waals surface area contributed by atoms with Crippen LogP contribution in [0.15, 0.2) is 41.3 Å². The molecule has 0 spiro atoms. The molecule has 0 bridgehead atoms. The van der Waals surface area contributed by atoms with Crippen molar-refractivity contribution in [2.75, 3.05) is 23.3 Å². The highest BCUT2D eigenvalue weighted by Crippen LogP contribution is 2.24. The van der Waals surface area contributed by atoms with Gasteiger partial charge >= 0.3 is 0 Å². The molecule has 4 rings (SSSR count). The van der Waals surface area contributed by atoms with Gasteiger partial charge in [0.05, 0.1) is 12.2 Å². The molecule has 7 nitrogen and oxygen atoms in total. The summed E-state index contributed by atoms with van der Waals surface area (Å²) >= 11 is 3.55. The van der Waals surface area contributed by atoms with E-state index in [4.69, 9.17) is 4.98 Å². The highest BCUT2D eigenvalue weighted by atomic mass is 79.9. The van der Waals surface area contributed by atoms with Gasteiger partial charge in [-0.25, -0.2) is 14.5 Å². The maximum Gasteiger partial charge on any atom is 0.155 e. The molecule has 136 valence electrons. The second kappa shape index (κ2) is 7.20. The number of fused-ring (bicyclic) bond motifs is 1. The van der Waals surface area contributed by atoms with E-state index in [0.717, 1.165) is 40.4 Å². The summed E-state index contributed by atoms with van der Waals surface area (Å²) in [6, 6.07) is 9.07. The molecule has 1 saturated heterocycles. The quantitative estimate of drug-likeness (QED) is 0.682. The molecule has 26 heavy (non-hydrogen) atoms. The van der Waals surface area contributed by atoms with E-state index in [2.05, 4.69) is 67.5 Å². The highest BCUT2D eigenvalue weighted by molar-refractivity contribution is 9.10. The second-order valence-corrected chi connectivity index (χ2v) is 7.63. The van der Waals surface area contributed by atoms with E-state index in [1.165, 1.54) is 0 Å². The Morgan fingerprint density at radius 2 is 2.04 bits per heavy atom. The van der Waals surface area contributed by atoms with Crippen LogP contribution in [0, 0.1) is 0 Å². The summed E-state index contributed by atoms with van der Waals surface area (Å²) < 4.78 is 2.76. The molecule has 3 aromatic heterocycles. The van der Waals surface area contributed by atoms with Crippen LogP contribution >= 0.6 is 15.9 Å². The Morgan fingerprint density at radius 1 is 1.23 bits per heavy atom. The predicted molar refractivity (Wildman–Crippen MR) is 107 cm³/mol. The van der Waals surface area contributed by atoms with Crippen LogP contribution in [-0.4, -0.2) is 44.8 Å². The number of rotatable bonds is 4. The minimum absolute atomic E-state index is 0.461. The zero-order chi connectivity index (χ0) is 18.1. The lowest BCUT2D eigenvalue weighted by Crippen LogP contribution is -2.54. The number of nitrogens with zero attached hydrogens (tertiary/aromatic N) is 5. The molecule has 4 heterocycles. The SMILES string of the molecule is C[C@@H]1CN(c2cccc(CNc3ncnn4ccc(Br)c34)n2)C[C@H](C)N1. The number of halogens is 1. The van der Waals surface area contributed by atoms with E-state index >= 15 is 0 Å². The molecule has 2 atom stereocenters. The first kappa shape index (κ1) is 17.2. The molecular weight excluding hydrogens is 394 g/mol. The monoisotopic (exact) mass is 415 g/mol. The second-order valence-electron chi connectivity index (χ2n) is 6.78. The van der Waals surface area contributed by atoms with Crippen LogP contribution in [-0.2, 0) is 6.54 Å². The molecule has 8 heteroatoms. The molecule has 0 unspecified atom stereocenters. The Kier molecular flexibility index (Phi) is 4.78. The van der Waals surface area contributed by atoms with Crippen molar-refractivity contribution in [3.05, 3.63) is 47.0 Å². The summed E-state index contributed by atoms with van der Waals surface area (Å²) in [5, 5.41) is 11.2. The predicted octanol–water partition coefficient (Wildman–Crippen LogP) is 2.69. The Hall–Kier alpha value is -2.19. The number of piperazine rings is 1. The molecule has 3 aromatic rings. The Balaban J connectivity index is 1.51. The number of anilines is 2. The average Bonchev–Trinajstić information content (AvgIpc) is 3.01. The van der Waals surface area contributed by atoms with Crippen molar-refractivity contribution in [2.24, 2.45) is 0 Å². The molecule has 0 aromatic carbocycles. The van der Waals surface area contributed by atoms with Crippen LogP contribution in [0.5, 0.6) is 0 Å². The maximum atomic E-state index is 4.84. The lowest BCUT2D eigenvalue weighted by Gasteiger charge is -2.37. The fraction of sp³-hybridized carbons (Fsp3) is 0.389. The average molecular weight is 416 g/mol. The number of hydrogen-bond donors (Lipinski definition) is 2. The summed E-state index contributed by atoms with van der Waals surface area (Å²) in [7, 11) is 0. The van der Waals surface area contributed by atoms with Gasteiger partial charge in [0.25, 0.3) is 0 Å². The van der Waals surface area contributed by atoms with Gasteiger partial charge in [0.1, 0.15) is 17.7 Å². The van der Waals surface area contributed by atoms with E-state index < -0.39 is 0 Å². The van der Waals surface area contributed by atoms with Gasteiger partial charge in [0.2, 0.25) is 0 Å². The minimum Gasteiger partial charge on any atom is -0.363 e. The Labute approximate surface area is 161 Å². The van der Waals surface area contributed by atoms with Gasteiger partial charge in [0, 0.05) is 35.8 Å². The molecule has 1 aliphatic heterocycles. The van der Waals surface area contributed by atoms with Gasteiger partial charge < -0.3 is 15.5 Å². The van der Waals surface area contributed by atoms with Crippen LogP contribution in [0.3, 0.4) is 0 Å². The minimum atomic E-state index is 0.461. The molecule has 2 N–H and O–H groups in total. The van der Waals surface area contributed by atoms with Gasteiger partial charge in [0.15, 0.2) is 5.82 Å². The van der Waals surface area contributed by atoms with Crippen molar-refractivity contribution in [1.29, 1.82) is 0 Å². The van der Waals surface area contributed by atoms with Crippen molar-refractivity contribution < 1.29 is 0 Å². The number of aromatic nitrogens is 4. The van der Waals surface area contributed by atoms with Crippen molar-refractivity contribution in [3.8, 4) is 0 Å². The van der Waals surface area contributed by atoms with Crippen LogP contribution in [0.25, 0.3) is 5.52 Å². The van der Waals surface area contributed by atoms with Gasteiger partial charge in [-0.1, -0.05) is 6.07 Å². The van der Waals surface area contributed by atoms with Crippen molar-refractivity contribution >= 4 is 33.1 Å². The zero-order valence-corrected chi connectivity index (χ0v) is 16.4. The van der Waals surface area contributed by atoms with Crippen LogP contribution in [0.1, 0.15) is 19.5 Å². The first-order valence-electron chi connectivity index (χ1n) is 8.79. The summed E-state index contributed by atoms with van der Waals surface area (Å²) in [4.78, 5) is 11.6. The number of hydrogen-bond acceptors (Lipinski definition) is 6. The van der Waals surface area contributed by atoms with Crippen molar-refractivity contribution in [2.45, 2.75) is 32.5 Å². The van der Waals surface area contributed by atoms with Crippen LogP contribution in [0.4, 0.5) is 11.6 Å². The first-order chi connectivity index (χ1) is 12.6. The van der Waals surface area contributed by atoms with Crippen molar-refractivity contribution in [1.82, 2.24) is 24.9 Å². The maximum absolute atomic E-state index is 4.84. The normalized spacial score (nSPS) is 20.5. The third-order valence-corrected chi connectivity index (χ3v) is 5.16. The van der Waals surface area contributed by atoms with Gasteiger partial charge in [-0.05, 0) is 48.0 Å². The van der Waals surface area contributed by atoms with Gasteiger partial charge in [-0.2, -0.15) is 5.10 Å². The Bertz CT molecular complexity index is 899. The molecule has 0 radical (unpaired) electrons. The third kappa shape index (κ3) is 3.52. The van der Waals surface area contributed by atoms with E-state index in [1.807, 2.05) is 18.3 Å². The van der Waals surface area contributed by atoms with Crippen LogP contribution < -0.4 is 15.5 Å². The lowest BCUT2D eigenvalue weighted by atomic mass is 10.1. The van der Waals surface area contributed by atoms with E-state index in [9.17, 15) is 0 Å². The smallest absolute Gasteiger partial charge is 0.155 e. The van der Waals surface area contributed by atoms with E-state index in [1.54, 1.807) is 10.8 Å².